The van der Waals surface area contributed by atoms with Crippen molar-refractivity contribution >= 4 is 5.97 Å². The quantitative estimate of drug-likeness (QED) is 0.629. The molecule has 0 aromatic heterocycles. The second-order valence-electron chi connectivity index (χ2n) is 3.62. The molecule has 70 valence electrons. The van der Waals surface area contributed by atoms with E-state index in [4.69, 9.17) is 9.84 Å². The molecule has 0 aromatic carbocycles. The van der Waals surface area contributed by atoms with Crippen LogP contribution < -0.4 is 0 Å². The predicted octanol–water partition coefficient (Wildman–Crippen LogP) is 0.247. The first kappa shape index (κ1) is 9.48. The second-order valence-corrected chi connectivity index (χ2v) is 3.62. The number of ether oxygens (including phenoxy) is 1. The van der Waals surface area contributed by atoms with E-state index in [2.05, 4.69) is 0 Å². The first-order valence-electron chi connectivity index (χ1n) is 3.94. The topological polar surface area (TPSA) is 66.8 Å². The lowest BCUT2D eigenvalue weighted by Crippen LogP contribution is -2.25. The normalized spacial score (nSPS) is 41.6. The summed E-state index contributed by atoms with van der Waals surface area (Å²) in [5, 5.41) is 18.2. The van der Waals surface area contributed by atoms with E-state index < -0.39 is 17.5 Å². The number of carboxylic acids is 1. The van der Waals surface area contributed by atoms with Gasteiger partial charge >= 0.3 is 5.97 Å². The van der Waals surface area contributed by atoms with Crippen LogP contribution in [0.5, 0.6) is 0 Å². The van der Waals surface area contributed by atoms with Crippen LogP contribution in [0.25, 0.3) is 0 Å². The Morgan fingerprint density at radius 3 is 2.42 bits per heavy atom. The van der Waals surface area contributed by atoms with E-state index in [1.165, 1.54) is 7.11 Å². The van der Waals surface area contributed by atoms with Gasteiger partial charge in [-0.1, -0.05) is 0 Å². The lowest BCUT2D eigenvalue weighted by atomic mass is 9.89. The van der Waals surface area contributed by atoms with E-state index >= 15 is 0 Å². The molecule has 0 aliphatic heterocycles. The van der Waals surface area contributed by atoms with Gasteiger partial charge in [-0.05, 0) is 19.8 Å². The van der Waals surface area contributed by atoms with Crippen molar-refractivity contribution in [2.75, 3.05) is 7.11 Å². The van der Waals surface area contributed by atoms with Crippen LogP contribution in [-0.2, 0) is 9.53 Å². The summed E-state index contributed by atoms with van der Waals surface area (Å²) in [7, 11) is 1.49. The third-order valence-electron chi connectivity index (χ3n) is 2.56. The highest BCUT2D eigenvalue weighted by Crippen LogP contribution is 2.39. The molecule has 0 bridgehead atoms. The summed E-state index contributed by atoms with van der Waals surface area (Å²) in [6.45, 7) is 1.64. The SMILES string of the molecule is CO[C@H]1C[C@](C)(C(=O)O)C[C@@H]1O. The van der Waals surface area contributed by atoms with Crippen molar-refractivity contribution in [3.8, 4) is 0 Å². The maximum absolute atomic E-state index is 10.8. The van der Waals surface area contributed by atoms with E-state index in [0.29, 0.717) is 6.42 Å². The molecule has 4 heteroatoms. The monoisotopic (exact) mass is 174 g/mol. The first-order valence-corrected chi connectivity index (χ1v) is 3.94. The molecule has 12 heavy (non-hydrogen) atoms. The lowest BCUT2D eigenvalue weighted by molar-refractivity contribution is -0.148. The van der Waals surface area contributed by atoms with Gasteiger partial charge in [0.05, 0.1) is 17.6 Å². The fraction of sp³-hybridized carbons (Fsp3) is 0.875. The van der Waals surface area contributed by atoms with Crippen LogP contribution in [0.2, 0.25) is 0 Å². The van der Waals surface area contributed by atoms with Gasteiger partial charge in [-0.3, -0.25) is 4.79 Å². The zero-order valence-electron chi connectivity index (χ0n) is 7.28. The van der Waals surface area contributed by atoms with Crippen molar-refractivity contribution < 1.29 is 19.7 Å². The van der Waals surface area contributed by atoms with Crippen LogP contribution in [0.4, 0.5) is 0 Å². The van der Waals surface area contributed by atoms with Gasteiger partial charge in [-0.25, -0.2) is 0 Å². The molecule has 1 fully saturated rings. The van der Waals surface area contributed by atoms with Crippen LogP contribution in [0.1, 0.15) is 19.8 Å². The first-order chi connectivity index (χ1) is 5.49. The number of carbonyl (C=O) groups is 1. The molecule has 2 N–H and O–H groups in total. The van der Waals surface area contributed by atoms with Gasteiger partial charge in [0, 0.05) is 7.11 Å². The molecule has 3 atom stereocenters. The minimum atomic E-state index is -0.860. The fourth-order valence-electron chi connectivity index (χ4n) is 1.67. The summed E-state index contributed by atoms with van der Waals surface area (Å²) in [4.78, 5) is 10.8. The van der Waals surface area contributed by atoms with E-state index in [9.17, 15) is 9.90 Å². The largest absolute Gasteiger partial charge is 0.481 e. The Morgan fingerprint density at radius 2 is 2.17 bits per heavy atom. The van der Waals surface area contributed by atoms with Gasteiger partial charge in [-0.15, -0.1) is 0 Å². The summed E-state index contributed by atoms with van der Waals surface area (Å²) < 4.78 is 4.96. The Labute approximate surface area is 71.2 Å². The summed E-state index contributed by atoms with van der Waals surface area (Å²) >= 11 is 0. The smallest absolute Gasteiger partial charge is 0.309 e. The number of methoxy groups -OCH3 is 1. The molecule has 0 amide bonds. The lowest BCUT2D eigenvalue weighted by Gasteiger charge is -2.16. The van der Waals surface area contributed by atoms with Crippen molar-refractivity contribution in [3.63, 3.8) is 0 Å². The van der Waals surface area contributed by atoms with Gasteiger partial charge in [0.15, 0.2) is 0 Å². The number of aliphatic carboxylic acids is 1. The van der Waals surface area contributed by atoms with E-state index in [1.54, 1.807) is 6.92 Å². The Bertz CT molecular complexity index is 191. The van der Waals surface area contributed by atoms with Crippen molar-refractivity contribution in [2.24, 2.45) is 5.41 Å². The Morgan fingerprint density at radius 1 is 1.58 bits per heavy atom. The summed E-state index contributed by atoms with van der Waals surface area (Å²) in [5.74, 6) is -0.860. The molecule has 4 nitrogen and oxygen atoms in total. The number of hydrogen-bond donors (Lipinski definition) is 2. The van der Waals surface area contributed by atoms with Crippen LogP contribution in [-0.4, -0.2) is 35.5 Å². The maximum atomic E-state index is 10.8. The zero-order chi connectivity index (χ0) is 9.35. The van der Waals surface area contributed by atoms with Gasteiger partial charge in [0.2, 0.25) is 0 Å². The van der Waals surface area contributed by atoms with E-state index in [-0.39, 0.29) is 12.5 Å². The number of hydrogen-bond acceptors (Lipinski definition) is 3. The van der Waals surface area contributed by atoms with Crippen molar-refractivity contribution in [2.45, 2.75) is 32.0 Å². The number of aliphatic hydroxyl groups excluding tert-OH is 1. The average molecular weight is 174 g/mol. The van der Waals surface area contributed by atoms with Gasteiger partial charge in [0.25, 0.3) is 0 Å². The number of aliphatic hydroxyl groups is 1. The molecule has 0 radical (unpaired) electrons. The van der Waals surface area contributed by atoms with Crippen LogP contribution in [0.3, 0.4) is 0 Å². The second kappa shape index (κ2) is 3.03. The van der Waals surface area contributed by atoms with Crippen LogP contribution >= 0.6 is 0 Å². The summed E-state index contributed by atoms with van der Waals surface area (Å²) in [5.41, 5.74) is -0.819. The third kappa shape index (κ3) is 1.44. The van der Waals surface area contributed by atoms with E-state index in [0.717, 1.165) is 0 Å². The Kier molecular flexibility index (Phi) is 2.39. The van der Waals surface area contributed by atoms with Crippen molar-refractivity contribution in [1.29, 1.82) is 0 Å². The highest BCUT2D eigenvalue weighted by Gasteiger charge is 2.46. The molecule has 1 saturated carbocycles. The molecule has 1 rings (SSSR count). The molecule has 0 heterocycles. The Hall–Kier alpha value is -0.610. The molecule has 1 aliphatic rings. The predicted molar refractivity (Wildman–Crippen MR) is 41.8 cm³/mol. The van der Waals surface area contributed by atoms with E-state index in [1.807, 2.05) is 0 Å². The summed E-state index contributed by atoms with van der Waals surface area (Å²) in [6.07, 6.45) is -0.303. The van der Waals surface area contributed by atoms with Crippen molar-refractivity contribution in [1.82, 2.24) is 0 Å². The minimum Gasteiger partial charge on any atom is -0.481 e. The molecule has 0 unspecified atom stereocenters. The number of rotatable bonds is 2. The Balaban J connectivity index is 2.70. The molecule has 1 aliphatic carbocycles. The molecule has 0 saturated heterocycles. The molecule has 0 aromatic rings. The molecule has 0 spiro atoms. The van der Waals surface area contributed by atoms with Crippen LogP contribution in [0.15, 0.2) is 0 Å². The minimum absolute atomic E-state index is 0.279. The molecular weight excluding hydrogens is 160 g/mol. The van der Waals surface area contributed by atoms with Gasteiger partial charge in [-0.2, -0.15) is 0 Å². The van der Waals surface area contributed by atoms with Crippen LogP contribution in [0, 0.1) is 5.41 Å². The fourth-order valence-corrected chi connectivity index (χ4v) is 1.67. The maximum Gasteiger partial charge on any atom is 0.309 e. The standard InChI is InChI=1S/C8H14O4/c1-8(7(10)11)3-5(9)6(4-8)12-2/h5-6,9H,3-4H2,1-2H3,(H,10,11)/t5-,6-,8+/m0/s1. The average Bonchev–Trinajstić information content (AvgIpc) is 2.27. The van der Waals surface area contributed by atoms with Gasteiger partial charge in [0.1, 0.15) is 0 Å². The molecular formula is C8H14O4. The highest BCUT2D eigenvalue weighted by molar-refractivity contribution is 5.74. The highest BCUT2D eigenvalue weighted by atomic mass is 16.5. The third-order valence-corrected chi connectivity index (χ3v) is 2.56. The summed E-state index contributed by atoms with van der Waals surface area (Å²) in [6, 6.07) is 0. The van der Waals surface area contributed by atoms with Gasteiger partial charge < -0.3 is 14.9 Å². The zero-order valence-corrected chi connectivity index (χ0v) is 7.28. The number of carboxylic acid groups (broad SMARTS) is 1. The van der Waals surface area contributed by atoms with Crippen molar-refractivity contribution in [3.05, 3.63) is 0 Å².